The molecular formula is C16H22N4OS2. The number of anilines is 2. The molecule has 7 heteroatoms. The van der Waals surface area contributed by atoms with Crippen molar-refractivity contribution in [2.24, 2.45) is 0 Å². The lowest BCUT2D eigenvalue weighted by Crippen LogP contribution is -2.13. The lowest BCUT2D eigenvalue weighted by Gasteiger charge is -2.08. The van der Waals surface area contributed by atoms with Gasteiger partial charge < -0.3 is 10.6 Å². The number of hydrogen-bond donors (Lipinski definition) is 2. The van der Waals surface area contributed by atoms with Gasteiger partial charge >= 0.3 is 0 Å². The van der Waals surface area contributed by atoms with Crippen molar-refractivity contribution >= 4 is 39.8 Å². The van der Waals surface area contributed by atoms with Gasteiger partial charge in [0.25, 0.3) is 0 Å². The van der Waals surface area contributed by atoms with E-state index in [0.29, 0.717) is 11.7 Å². The molecule has 124 valence electrons. The third-order valence-electron chi connectivity index (χ3n) is 3.12. The molecule has 0 spiro atoms. The van der Waals surface area contributed by atoms with Crippen LogP contribution in [0.2, 0.25) is 0 Å². The molecule has 2 N–H and O–H groups in total. The molecule has 23 heavy (non-hydrogen) atoms. The minimum Gasteiger partial charge on any atom is -0.360 e. The first-order chi connectivity index (χ1) is 11.1. The quantitative estimate of drug-likeness (QED) is 0.698. The maximum Gasteiger partial charge on any atom is 0.234 e. The van der Waals surface area contributed by atoms with E-state index < -0.39 is 0 Å². The fraction of sp³-hybridized carbons (Fsp3) is 0.438. The van der Waals surface area contributed by atoms with Gasteiger partial charge in [-0.05, 0) is 30.0 Å². The molecule has 0 saturated carbocycles. The Kier molecular flexibility index (Phi) is 6.85. The highest BCUT2D eigenvalue weighted by atomic mass is 32.2. The van der Waals surface area contributed by atoms with Crippen LogP contribution in [0.4, 0.5) is 10.8 Å². The Hall–Kier alpha value is -1.60. The first-order valence-corrected chi connectivity index (χ1v) is 9.48. The summed E-state index contributed by atoms with van der Waals surface area (Å²) in [5.74, 6) is 0.780. The van der Waals surface area contributed by atoms with Crippen molar-refractivity contribution in [3.63, 3.8) is 0 Å². The van der Waals surface area contributed by atoms with Gasteiger partial charge in [0, 0.05) is 12.2 Å². The van der Waals surface area contributed by atoms with E-state index in [1.807, 2.05) is 24.3 Å². The minimum absolute atomic E-state index is 0.0365. The number of thioether (sulfide) groups is 1. The van der Waals surface area contributed by atoms with Crippen molar-refractivity contribution in [3.8, 4) is 0 Å². The van der Waals surface area contributed by atoms with Crippen LogP contribution in [0, 0.1) is 0 Å². The fourth-order valence-corrected chi connectivity index (χ4v) is 3.42. The molecule has 0 unspecified atom stereocenters. The number of aromatic nitrogens is 2. The summed E-state index contributed by atoms with van der Waals surface area (Å²) in [6, 6.07) is 7.97. The molecule has 0 bridgehead atoms. The van der Waals surface area contributed by atoms with Crippen molar-refractivity contribution in [2.75, 3.05) is 22.9 Å². The van der Waals surface area contributed by atoms with Gasteiger partial charge in [0.2, 0.25) is 11.0 Å². The Labute approximate surface area is 145 Å². The highest BCUT2D eigenvalue weighted by molar-refractivity contribution is 8.01. The second-order valence-electron chi connectivity index (χ2n) is 5.41. The Morgan fingerprint density at radius 2 is 2.00 bits per heavy atom. The lowest BCUT2D eigenvalue weighted by atomic mass is 10.0. The molecular weight excluding hydrogens is 328 g/mol. The number of nitrogens with one attached hydrogen (secondary N) is 2. The summed E-state index contributed by atoms with van der Waals surface area (Å²) >= 11 is 2.88. The molecule has 0 aliphatic rings. The van der Waals surface area contributed by atoms with Crippen molar-refractivity contribution in [2.45, 2.75) is 37.4 Å². The molecule has 0 radical (unpaired) electrons. The zero-order valence-electron chi connectivity index (χ0n) is 13.6. The molecule has 1 aromatic carbocycles. The highest BCUT2D eigenvalue weighted by Gasteiger charge is 2.08. The molecule has 2 rings (SSSR count). The second kappa shape index (κ2) is 8.88. The standard InChI is InChI=1S/C16H22N4OS2/c1-4-9-17-15-19-20-16(23-15)22-10-14(21)18-13-7-5-12(6-8-13)11(2)3/h5-8,11H,4,9-10H2,1-3H3,(H,17,19)(H,18,21). The monoisotopic (exact) mass is 350 g/mol. The highest BCUT2D eigenvalue weighted by Crippen LogP contribution is 2.25. The predicted octanol–water partition coefficient (Wildman–Crippen LogP) is 4.21. The number of nitrogens with zero attached hydrogens (tertiary/aromatic N) is 2. The molecule has 0 aliphatic heterocycles. The first-order valence-electron chi connectivity index (χ1n) is 7.68. The Bertz CT molecular complexity index is 625. The summed E-state index contributed by atoms with van der Waals surface area (Å²) < 4.78 is 0.800. The summed E-state index contributed by atoms with van der Waals surface area (Å²) in [6.45, 7) is 7.28. The van der Waals surface area contributed by atoms with Crippen LogP contribution in [0.1, 0.15) is 38.7 Å². The summed E-state index contributed by atoms with van der Waals surface area (Å²) in [4.78, 5) is 12.0. The van der Waals surface area contributed by atoms with E-state index in [9.17, 15) is 4.79 Å². The van der Waals surface area contributed by atoms with Gasteiger partial charge in [-0.15, -0.1) is 10.2 Å². The summed E-state index contributed by atoms with van der Waals surface area (Å²) in [6.07, 6.45) is 1.04. The molecule has 1 amide bonds. The van der Waals surface area contributed by atoms with E-state index >= 15 is 0 Å². The minimum atomic E-state index is -0.0365. The van der Waals surface area contributed by atoms with Gasteiger partial charge in [-0.25, -0.2) is 0 Å². The largest absolute Gasteiger partial charge is 0.360 e. The average molecular weight is 351 g/mol. The molecule has 2 aromatic rings. The number of carbonyl (C=O) groups excluding carboxylic acids is 1. The van der Waals surface area contributed by atoms with Crippen LogP contribution in [-0.2, 0) is 4.79 Å². The fourth-order valence-electron chi connectivity index (χ4n) is 1.85. The van der Waals surface area contributed by atoms with Gasteiger partial charge in [-0.2, -0.15) is 0 Å². The Morgan fingerprint density at radius 3 is 2.65 bits per heavy atom. The van der Waals surface area contributed by atoms with Crippen LogP contribution in [-0.4, -0.2) is 28.4 Å². The van der Waals surface area contributed by atoms with Gasteiger partial charge in [-0.3, -0.25) is 4.79 Å². The van der Waals surface area contributed by atoms with Crippen LogP contribution in [0.25, 0.3) is 0 Å². The van der Waals surface area contributed by atoms with Crippen molar-refractivity contribution in [1.82, 2.24) is 10.2 Å². The van der Waals surface area contributed by atoms with E-state index in [4.69, 9.17) is 0 Å². The van der Waals surface area contributed by atoms with Gasteiger partial charge in [0.05, 0.1) is 5.75 Å². The maximum absolute atomic E-state index is 12.0. The van der Waals surface area contributed by atoms with Crippen molar-refractivity contribution < 1.29 is 4.79 Å². The average Bonchev–Trinajstić information content (AvgIpc) is 2.99. The van der Waals surface area contributed by atoms with Crippen molar-refractivity contribution in [1.29, 1.82) is 0 Å². The predicted molar refractivity (Wildman–Crippen MR) is 98.6 cm³/mol. The van der Waals surface area contributed by atoms with E-state index in [1.54, 1.807) is 0 Å². The topological polar surface area (TPSA) is 66.9 Å². The summed E-state index contributed by atoms with van der Waals surface area (Å²) in [7, 11) is 0. The van der Waals surface area contributed by atoms with Crippen LogP contribution < -0.4 is 10.6 Å². The number of carbonyl (C=O) groups is 1. The molecule has 0 aliphatic carbocycles. The lowest BCUT2D eigenvalue weighted by molar-refractivity contribution is -0.113. The smallest absolute Gasteiger partial charge is 0.234 e. The number of benzene rings is 1. The molecule has 0 atom stereocenters. The maximum atomic E-state index is 12.0. The van der Waals surface area contributed by atoms with Gasteiger partial charge in [0.1, 0.15) is 0 Å². The molecule has 1 aromatic heterocycles. The number of amides is 1. The Morgan fingerprint density at radius 1 is 1.26 bits per heavy atom. The van der Waals surface area contributed by atoms with Crippen LogP contribution in [0.3, 0.4) is 0 Å². The first kappa shape index (κ1) is 17.7. The molecule has 0 fully saturated rings. The molecule has 1 heterocycles. The van der Waals surface area contributed by atoms with Crippen LogP contribution in [0.5, 0.6) is 0 Å². The van der Waals surface area contributed by atoms with E-state index in [-0.39, 0.29) is 5.91 Å². The van der Waals surface area contributed by atoms with E-state index in [0.717, 1.165) is 28.1 Å². The van der Waals surface area contributed by atoms with Gasteiger partial charge in [0.15, 0.2) is 4.34 Å². The SMILES string of the molecule is CCCNc1nnc(SCC(=O)Nc2ccc(C(C)C)cc2)s1. The number of rotatable bonds is 8. The van der Waals surface area contributed by atoms with Gasteiger partial charge in [-0.1, -0.05) is 56.0 Å². The third kappa shape index (κ3) is 5.84. The van der Waals surface area contributed by atoms with Crippen LogP contribution >= 0.6 is 23.1 Å². The normalized spacial score (nSPS) is 10.8. The molecule has 0 saturated heterocycles. The second-order valence-corrected chi connectivity index (χ2v) is 7.61. The van der Waals surface area contributed by atoms with Crippen molar-refractivity contribution in [3.05, 3.63) is 29.8 Å². The van der Waals surface area contributed by atoms with E-state index in [2.05, 4.69) is 41.6 Å². The zero-order chi connectivity index (χ0) is 16.7. The summed E-state index contributed by atoms with van der Waals surface area (Å²) in [5.41, 5.74) is 2.08. The Balaban J connectivity index is 1.79. The van der Waals surface area contributed by atoms with Crippen LogP contribution in [0.15, 0.2) is 28.6 Å². The van der Waals surface area contributed by atoms with E-state index in [1.165, 1.54) is 28.7 Å². The third-order valence-corrected chi connectivity index (χ3v) is 5.13. The zero-order valence-corrected chi connectivity index (χ0v) is 15.3. The summed E-state index contributed by atoms with van der Waals surface area (Å²) in [5, 5.41) is 15.0. The molecule has 5 nitrogen and oxygen atoms in total. The number of hydrogen-bond acceptors (Lipinski definition) is 6.